The van der Waals surface area contributed by atoms with Gasteiger partial charge in [-0.05, 0) is 31.0 Å². The molecular weight excluding hydrogens is 209 g/mol. The molecule has 0 saturated heterocycles. The van der Waals surface area contributed by atoms with Crippen molar-refractivity contribution in [3.8, 4) is 11.5 Å². The van der Waals surface area contributed by atoms with Gasteiger partial charge in [0.25, 0.3) is 0 Å². The lowest BCUT2D eigenvalue weighted by molar-refractivity contribution is 0.292. The van der Waals surface area contributed by atoms with Gasteiger partial charge in [-0.15, -0.1) is 0 Å². The van der Waals surface area contributed by atoms with Gasteiger partial charge in [-0.3, -0.25) is 0 Å². The van der Waals surface area contributed by atoms with Gasteiger partial charge in [0.1, 0.15) is 0 Å². The molecule has 1 aromatic carbocycles. The number of hydrogen-bond acceptors (Lipinski definition) is 3. The molecule has 16 heavy (non-hydrogen) atoms. The van der Waals surface area contributed by atoms with Crippen molar-refractivity contribution in [1.29, 1.82) is 0 Å². The molecule has 0 aliphatic carbocycles. The van der Waals surface area contributed by atoms with Crippen LogP contribution in [0.1, 0.15) is 18.9 Å². The highest BCUT2D eigenvalue weighted by Gasteiger charge is 2.16. The second-order valence-corrected chi connectivity index (χ2v) is 4.14. The third-order valence-electron chi connectivity index (χ3n) is 2.42. The quantitative estimate of drug-likeness (QED) is 0.835. The van der Waals surface area contributed by atoms with E-state index in [1.54, 1.807) is 0 Å². The Morgan fingerprint density at radius 3 is 2.88 bits per heavy atom. The minimum atomic E-state index is -0.366. The normalized spacial score (nSPS) is 16.7. The van der Waals surface area contributed by atoms with Crippen LogP contribution < -0.4 is 15.2 Å². The van der Waals surface area contributed by atoms with Gasteiger partial charge in [-0.1, -0.05) is 0 Å². The van der Waals surface area contributed by atoms with Gasteiger partial charge >= 0.3 is 0 Å². The monoisotopic (exact) mass is 225 g/mol. The largest absolute Gasteiger partial charge is 0.489 e. The van der Waals surface area contributed by atoms with Crippen LogP contribution in [0.25, 0.3) is 0 Å². The van der Waals surface area contributed by atoms with Crippen LogP contribution in [0.4, 0.5) is 4.39 Å². The predicted molar refractivity (Wildman–Crippen MR) is 59.4 cm³/mol. The Labute approximate surface area is 94.3 Å². The van der Waals surface area contributed by atoms with Gasteiger partial charge in [0.05, 0.1) is 13.2 Å². The van der Waals surface area contributed by atoms with Gasteiger partial charge in [0.15, 0.2) is 17.3 Å². The SMILES string of the molecule is CC(N)Cc1cc(F)c2c(c1)OCCCO2. The highest BCUT2D eigenvalue weighted by atomic mass is 19.1. The Balaban J connectivity index is 2.32. The van der Waals surface area contributed by atoms with E-state index in [1.165, 1.54) is 6.07 Å². The van der Waals surface area contributed by atoms with Gasteiger partial charge in [-0.2, -0.15) is 0 Å². The Morgan fingerprint density at radius 1 is 1.38 bits per heavy atom. The highest BCUT2D eigenvalue weighted by Crippen LogP contribution is 2.33. The predicted octanol–water partition coefficient (Wildman–Crippen LogP) is 1.88. The summed E-state index contributed by atoms with van der Waals surface area (Å²) >= 11 is 0. The van der Waals surface area contributed by atoms with Crippen LogP contribution in [0.15, 0.2) is 12.1 Å². The molecule has 0 spiro atoms. The lowest BCUT2D eigenvalue weighted by Gasteiger charge is -2.11. The summed E-state index contributed by atoms with van der Waals surface area (Å²) in [6.45, 7) is 2.95. The Kier molecular flexibility index (Phi) is 3.29. The van der Waals surface area contributed by atoms with E-state index in [1.807, 2.05) is 13.0 Å². The zero-order valence-corrected chi connectivity index (χ0v) is 9.33. The molecule has 1 unspecified atom stereocenters. The molecule has 0 fully saturated rings. The van der Waals surface area contributed by atoms with Crippen LogP contribution in [0, 0.1) is 5.82 Å². The first-order valence-electron chi connectivity index (χ1n) is 5.50. The van der Waals surface area contributed by atoms with E-state index >= 15 is 0 Å². The number of nitrogens with two attached hydrogens (primary N) is 1. The lowest BCUT2D eigenvalue weighted by Crippen LogP contribution is -2.17. The van der Waals surface area contributed by atoms with Crippen molar-refractivity contribution in [2.75, 3.05) is 13.2 Å². The number of rotatable bonds is 2. The molecule has 3 nitrogen and oxygen atoms in total. The van der Waals surface area contributed by atoms with Crippen molar-refractivity contribution in [3.05, 3.63) is 23.5 Å². The fourth-order valence-electron chi connectivity index (χ4n) is 1.77. The van der Waals surface area contributed by atoms with Crippen molar-refractivity contribution >= 4 is 0 Å². The topological polar surface area (TPSA) is 44.5 Å². The number of benzene rings is 1. The molecular formula is C12H16FNO2. The zero-order valence-electron chi connectivity index (χ0n) is 9.33. The zero-order chi connectivity index (χ0) is 11.5. The number of ether oxygens (including phenoxy) is 2. The fraction of sp³-hybridized carbons (Fsp3) is 0.500. The number of fused-ring (bicyclic) bond motifs is 1. The summed E-state index contributed by atoms with van der Waals surface area (Å²) in [5.41, 5.74) is 6.53. The van der Waals surface area contributed by atoms with Crippen LogP contribution in [0.2, 0.25) is 0 Å². The third kappa shape index (κ3) is 2.44. The van der Waals surface area contributed by atoms with Crippen LogP contribution >= 0.6 is 0 Å². The average Bonchev–Trinajstić information content (AvgIpc) is 2.41. The average molecular weight is 225 g/mol. The van der Waals surface area contributed by atoms with E-state index in [9.17, 15) is 4.39 Å². The minimum absolute atomic E-state index is 0.00384. The van der Waals surface area contributed by atoms with Crippen molar-refractivity contribution < 1.29 is 13.9 Å². The van der Waals surface area contributed by atoms with Crippen LogP contribution in [0.3, 0.4) is 0 Å². The van der Waals surface area contributed by atoms with E-state index < -0.39 is 0 Å². The summed E-state index contributed by atoms with van der Waals surface area (Å²) in [6, 6.07) is 3.29. The first-order valence-corrected chi connectivity index (χ1v) is 5.50. The van der Waals surface area contributed by atoms with Gasteiger partial charge in [0.2, 0.25) is 0 Å². The standard InChI is InChI=1S/C12H16FNO2/c1-8(14)5-9-6-10(13)12-11(7-9)15-3-2-4-16-12/h6-8H,2-5,14H2,1H3. The maximum Gasteiger partial charge on any atom is 0.197 e. The molecule has 1 heterocycles. The van der Waals surface area contributed by atoms with E-state index in [2.05, 4.69) is 0 Å². The summed E-state index contributed by atoms with van der Waals surface area (Å²) in [4.78, 5) is 0. The van der Waals surface area contributed by atoms with E-state index in [0.717, 1.165) is 12.0 Å². The molecule has 1 aliphatic heterocycles. The van der Waals surface area contributed by atoms with Gasteiger partial charge < -0.3 is 15.2 Å². The van der Waals surface area contributed by atoms with Crippen molar-refractivity contribution in [1.82, 2.24) is 0 Å². The summed E-state index contributed by atoms with van der Waals surface area (Å²) in [6.07, 6.45) is 1.41. The number of halogens is 1. The molecule has 1 atom stereocenters. The first-order chi connectivity index (χ1) is 7.66. The van der Waals surface area contributed by atoms with Crippen LogP contribution in [-0.4, -0.2) is 19.3 Å². The Hall–Kier alpha value is -1.29. The summed E-state index contributed by atoms with van der Waals surface area (Å²) in [5, 5.41) is 0. The molecule has 88 valence electrons. The lowest BCUT2D eigenvalue weighted by atomic mass is 10.1. The molecule has 1 aliphatic rings. The highest BCUT2D eigenvalue weighted by molar-refractivity contribution is 5.44. The third-order valence-corrected chi connectivity index (χ3v) is 2.42. The smallest absolute Gasteiger partial charge is 0.197 e. The van der Waals surface area contributed by atoms with E-state index in [-0.39, 0.29) is 17.6 Å². The summed E-state index contributed by atoms with van der Waals surface area (Å²) in [7, 11) is 0. The first kappa shape index (κ1) is 11.2. The second-order valence-electron chi connectivity index (χ2n) is 4.14. The summed E-state index contributed by atoms with van der Waals surface area (Å²) in [5.74, 6) is 0.356. The van der Waals surface area contributed by atoms with Crippen LogP contribution in [-0.2, 0) is 6.42 Å². The Morgan fingerprint density at radius 2 is 2.12 bits per heavy atom. The van der Waals surface area contributed by atoms with Crippen molar-refractivity contribution in [3.63, 3.8) is 0 Å². The maximum atomic E-state index is 13.7. The molecule has 2 rings (SSSR count). The Bertz CT molecular complexity index is 380. The van der Waals surface area contributed by atoms with Crippen molar-refractivity contribution in [2.24, 2.45) is 5.73 Å². The molecule has 0 saturated carbocycles. The number of hydrogen-bond donors (Lipinski definition) is 1. The van der Waals surface area contributed by atoms with Crippen molar-refractivity contribution in [2.45, 2.75) is 25.8 Å². The van der Waals surface area contributed by atoms with Crippen LogP contribution in [0.5, 0.6) is 11.5 Å². The minimum Gasteiger partial charge on any atom is -0.489 e. The summed E-state index contributed by atoms with van der Waals surface area (Å²) < 4.78 is 24.5. The molecule has 2 N–H and O–H groups in total. The molecule has 1 aromatic rings. The molecule has 0 bridgehead atoms. The molecule has 0 aromatic heterocycles. The van der Waals surface area contributed by atoms with Gasteiger partial charge in [0, 0.05) is 12.5 Å². The maximum absolute atomic E-state index is 13.7. The molecule has 0 radical (unpaired) electrons. The van der Waals surface area contributed by atoms with E-state index in [4.69, 9.17) is 15.2 Å². The second kappa shape index (κ2) is 4.70. The van der Waals surface area contributed by atoms with Gasteiger partial charge in [-0.25, -0.2) is 4.39 Å². The molecule has 0 amide bonds. The van der Waals surface area contributed by atoms with E-state index in [0.29, 0.717) is 25.4 Å². The molecule has 4 heteroatoms. The fourth-order valence-corrected chi connectivity index (χ4v) is 1.77.